The van der Waals surface area contributed by atoms with Crippen molar-refractivity contribution < 1.29 is 9.47 Å². The smallest absolute Gasteiger partial charge is 0.175 e. The van der Waals surface area contributed by atoms with E-state index in [9.17, 15) is 0 Å². The van der Waals surface area contributed by atoms with Crippen molar-refractivity contribution >= 4 is 15.9 Å². The largest absolute Gasteiger partial charge is 0.489 e. The van der Waals surface area contributed by atoms with Gasteiger partial charge in [0.05, 0.1) is 17.7 Å². The van der Waals surface area contributed by atoms with Gasteiger partial charge in [-0.05, 0) is 71.7 Å². The SMILES string of the molecule is CC(C)c1c(CC2CCCNC2)cc(Br)c2c1OCCCO2. The zero-order valence-electron chi connectivity index (χ0n) is 13.6. The highest BCUT2D eigenvalue weighted by atomic mass is 79.9. The molecule has 3 nitrogen and oxygen atoms in total. The molecule has 0 aliphatic carbocycles. The number of halogens is 1. The van der Waals surface area contributed by atoms with Crippen LogP contribution in [0.4, 0.5) is 0 Å². The maximum absolute atomic E-state index is 6.08. The molecule has 1 saturated heterocycles. The van der Waals surface area contributed by atoms with Crippen molar-refractivity contribution in [2.75, 3.05) is 26.3 Å². The van der Waals surface area contributed by atoms with Crippen molar-refractivity contribution in [1.82, 2.24) is 5.32 Å². The van der Waals surface area contributed by atoms with Crippen LogP contribution in [0.25, 0.3) is 0 Å². The van der Waals surface area contributed by atoms with Crippen molar-refractivity contribution in [3.8, 4) is 11.5 Å². The summed E-state index contributed by atoms with van der Waals surface area (Å²) in [7, 11) is 0. The number of nitrogens with one attached hydrogen (secondary N) is 1. The van der Waals surface area contributed by atoms with Crippen LogP contribution in [0.3, 0.4) is 0 Å². The second kappa shape index (κ2) is 7.22. The first-order valence-corrected chi connectivity index (χ1v) is 9.27. The lowest BCUT2D eigenvalue weighted by Crippen LogP contribution is -2.31. The van der Waals surface area contributed by atoms with E-state index in [2.05, 4.69) is 41.2 Å². The lowest BCUT2D eigenvalue weighted by Gasteiger charge is -2.26. The third-order valence-electron chi connectivity index (χ3n) is 4.58. The summed E-state index contributed by atoms with van der Waals surface area (Å²) in [4.78, 5) is 0. The van der Waals surface area contributed by atoms with Crippen LogP contribution in [0.15, 0.2) is 10.5 Å². The summed E-state index contributed by atoms with van der Waals surface area (Å²) in [6, 6.07) is 2.26. The fraction of sp³-hybridized carbons (Fsp3) is 0.667. The lowest BCUT2D eigenvalue weighted by molar-refractivity contribution is 0.295. The summed E-state index contributed by atoms with van der Waals surface area (Å²) >= 11 is 3.70. The van der Waals surface area contributed by atoms with Crippen LogP contribution in [0.1, 0.15) is 50.2 Å². The summed E-state index contributed by atoms with van der Waals surface area (Å²) in [5.41, 5.74) is 2.76. The van der Waals surface area contributed by atoms with Gasteiger partial charge in [-0.3, -0.25) is 0 Å². The highest BCUT2D eigenvalue weighted by Crippen LogP contribution is 2.45. The molecular weight excluding hydrogens is 342 g/mol. The normalized spacial score (nSPS) is 21.7. The van der Waals surface area contributed by atoms with E-state index < -0.39 is 0 Å². The first-order chi connectivity index (χ1) is 10.7. The standard InChI is InChI=1S/C18H26BrNO2/c1-12(2)16-14(9-13-5-3-6-20-11-13)10-15(19)17-18(16)22-8-4-7-21-17/h10,12-13,20H,3-9,11H2,1-2H3. The Labute approximate surface area is 141 Å². The van der Waals surface area contributed by atoms with Gasteiger partial charge in [-0.25, -0.2) is 0 Å². The molecule has 122 valence electrons. The van der Waals surface area contributed by atoms with Crippen molar-refractivity contribution in [2.24, 2.45) is 5.92 Å². The predicted octanol–water partition coefficient (Wildman–Crippen LogP) is 4.28. The maximum Gasteiger partial charge on any atom is 0.175 e. The van der Waals surface area contributed by atoms with Crippen molar-refractivity contribution in [3.63, 3.8) is 0 Å². The Kier molecular flexibility index (Phi) is 5.29. The van der Waals surface area contributed by atoms with Gasteiger partial charge in [0.15, 0.2) is 11.5 Å². The Hall–Kier alpha value is -0.740. The molecule has 0 saturated carbocycles. The predicted molar refractivity (Wildman–Crippen MR) is 93.1 cm³/mol. The molecule has 22 heavy (non-hydrogen) atoms. The Bertz CT molecular complexity index is 524. The maximum atomic E-state index is 6.08. The molecule has 1 unspecified atom stereocenters. The van der Waals surface area contributed by atoms with E-state index in [1.54, 1.807) is 0 Å². The molecule has 0 radical (unpaired) electrons. The van der Waals surface area contributed by atoms with E-state index in [0.29, 0.717) is 5.92 Å². The summed E-state index contributed by atoms with van der Waals surface area (Å²) in [6.07, 6.45) is 4.67. The summed E-state index contributed by atoms with van der Waals surface area (Å²) in [6.45, 7) is 8.27. The molecular formula is C18H26BrNO2. The average Bonchev–Trinajstić information content (AvgIpc) is 2.74. The van der Waals surface area contributed by atoms with Crippen LogP contribution in [-0.4, -0.2) is 26.3 Å². The van der Waals surface area contributed by atoms with Gasteiger partial charge in [-0.1, -0.05) is 13.8 Å². The van der Waals surface area contributed by atoms with Gasteiger partial charge in [-0.15, -0.1) is 0 Å². The minimum atomic E-state index is 0.440. The third-order valence-corrected chi connectivity index (χ3v) is 5.17. The minimum absolute atomic E-state index is 0.440. The first kappa shape index (κ1) is 16.1. The van der Waals surface area contributed by atoms with E-state index in [4.69, 9.17) is 9.47 Å². The Morgan fingerprint density at radius 3 is 2.68 bits per heavy atom. The first-order valence-electron chi connectivity index (χ1n) is 8.48. The van der Waals surface area contributed by atoms with E-state index in [1.807, 2.05) is 0 Å². The highest BCUT2D eigenvalue weighted by Gasteiger charge is 2.25. The summed E-state index contributed by atoms with van der Waals surface area (Å²) < 4.78 is 13.0. The number of fused-ring (bicyclic) bond motifs is 1. The van der Waals surface area contributed by atoms with Crippen LogP contribution in [-0.2, 0) is 6.42 Å². The van der Waals surface area contributed by atoms with Gasteiger partial charge in [-0.2, -0.15) is 0 Å². The topological polar surface area (TPSA) is 30.5 Å². The van der Waals surface area contributed by atoms with Crippen LogP contribution in [0.2, 0.25) is 0 Å². The number of rotatable bonds is 3. The van der Waals surface area contributed by atoms with Gasteiger partial charge < -0.3 is 14.8 Å². The molecule has 3 rings (SSSR count). The number of hydrogen-bond acceptors (Lipinski definition) is 3. The van der Waals surface area contributed by atoms with Crippen molar-refractivity contribution in [1.29, 1.82) is 0 Å². The van der Waals surface area contributed by atoms with Gasteiger partial charge in [0.25, 0.3) is 0 Å². The monoisotopic (exact) mass is 367 g/mol. The molecule has 2 heterocycles. The Morgan fingerprint density at radius 1 is 1.23 bits per heavy atom. The van der Waals surface area contributed by atoms with E-state index >= 15 is 0 Å². The Balaban J connectivity index is 1.97. The molecule has 0 aromatic heterocycles. The molecule has 0 bridgehead atoms. The molecule has 4 heteroatoms. The average molecular weight is 368 g/mol. The number of piperidine rings is 1. The Morgan fingerprint density at radius 2 is 2.00 bits per heavy atom. The molecule has 1 fully saturated rings. The molecule has 2 aliphatic rings. The second-order valence-electron chi connectivity index (χ2n) is 6.71. The van der Waals surface area contributed by atoms with E-state index in [0.717, 1.165) is 54.5 Å². The molecule has 1 atom stereocenters. The zero-order chi connectivity index (χ0) is 15.5. The van der Waals surface area contributed by atoms with Crippen molar-refractivity contribution in [2.45, 2.75) is 45.4 Å². The molecule has 0 spiro atoms. The lowest BCUT2D eigenvalue weighted by atomic mass is 9.86. The number of hydrogen-bond donors (Lipinski definition) is 1. The minimum Gasteiger partial charge on any atom is -0.489 e. The zero-order valence-corrected chi connectivity index (χ0v) is 15.2. The van der Waals surface area contributed by atoms with E-state index in [-0.39, 0.29) is 0 Å². The van der Waals surface area contributed by atoms with Gasteiger partial charge >= 0.3 is 0 Å². The quantitative estimate of drug-likeness (QED) is 0.864. The van der Waals surface area contributed by atoms with Crippen LogP contribution in [0, 0.1) is 5.92 Å². The fourth-order valence-corrected chi connectivity index (χ4v) is 4.14. The van der Waals surface area contributed by atoms with Gasteiger partial charge in [0.2, 0.25) is 0 Å². The molecule has 0 amide bonds. The number of ether oxygens (including phenoxy) is 2. The summed E-state index contributed by atoms with van der Waals surface area (Å²) in [5.74, 6) is 3.03. The fourth-order valence-electron chi connectivity index (χ4n) is 3.57. The molecule has 2 aliphatic heterocycles. The van der Waals surface area contributed by atoms with Gasteiger partial charge in [0.1, 0.15) is 0 Å². The molecule has 1 aromatic rings. The molecule has 1 aromatic carbocycles. The molecule has 1 N–H and O–H groups in total. The van der Waals surface area contributed by atoms with Crippen LogP contribution < -0.4 is 14.8 Å². The van der Waals surface area contributed by atoms with Crippen LogP contribution in [0.5, 0.6) is 11.5 Å². The third kappa shape index (κ3) is 3.43. The van der Waals surface area contributed by atoms with Gasteiger partial charge in [0, 0.05) is 12.0 Å². The van der Waals surface area contributed by atoms with Crippen LogP contribution >= 0.6 is 15.9 Å². The second-order valence-corrected chi connectivity index (χ2v) is 7.57. The van der Waals surface area contributed by atoms with Crippen molar-refractivity contribution in [3.05, 3.63) is 21.7 Å². The highest BCUT2D eigenvalue weighted by molar-refractivity contribution is 9.10. The van der Waals surface area contributed by atoms with E-state index in [1.165, 1.54) is 30.5 Å². The number of benzene rings is 1. The summed E-state index contributed by atoms with van der Waals surface area (Å²) in [5, 5.41) is 3.52.